The second-order valence-corrected chi connectivity index (χ2v) is 5.98. The van der Waals surface area contributed by atoms with E-state index in [1.54, 1.807) is 18.2 Å². The number of para-hydroxylation sites is 2. The first-order chi connectivity index (χ1) is 13.3. The van der Waals surface area contributed by atoms with Crippen molar-refractivity contribution >= 4 is 5.90 Å². The van der Waals surface area contributed by atoms with Gasteiger partial charge < -0.3 is 14.3 Å². The van der Waals surface area contributed by atoms with Crippen molar-refractivity contribution in [2.45, 2.75) is 12.5 Å². The molecule has 3 aromatic rings. The predicted molar refractivity (Wildman–Crippen MR) is 101 cm³/mol. The fourth-order valence-corrected chi connectivity index (χ4v) is 2.74. The van der Waals surface area contributed by atoms with Gasteiger partial charge in [0, 0.05) is 0 Å². The van der Waals surface area contributed by atoms with Crippen LogP contribution >= 0.6 is 0 Å². The highest BCUT2D eigenvalue weighted by atomic mass is 16.7. The zero-order valence-electron chi connectivity index (χ0n) is 14.4. The number of rotatable bonds is 4. The molecule has 3 aromatic carbocycles. The van der Waals surface area contributed by atoms with E-state index >= 15 is 0 Å². The van der Waals surface area contributed by atoms with E-state index < -0.39 is 0 Å². The molecule has 0 bridgehead atoms. The molecule has 0 N–H and O–H groups in total. The molecule has 0 aromatic heterocycles. The number of nitriles is 1. The maximum atomic E-state index is 9.14. The van der Waals surface area contributed by atoms with Gasteiger partial charge >= 0.3 is 0 Å². The van der Waals surface area contributed by atoms with Crippen LogP contribution in [0.25, 0.3) is 0 Å². The largest absolute Gasteiger partial charge is 0.457 e. The van der Waals surface area contributed by atoms with Crippen LogP contribution in [0.3, 0.4) is 0 Å². The number of oxime groups is 1. The zero-order valence-corrected chi connectivity index (χ0v) is 14.4. The van der Waals surface area contributed by atoms with Crippen LogP contribution < -0.4 is 9.47 Å². The summed E-state index contributed by atoms with van der Waals surface area (Å²) in [7, 11) is 0. The molecule has 0 saturated carbocycles. The minimum Gasteiger partial charge on any atom is -0.457 e. The number of hydrogen-bond donors (Lipinski definition) is 0. The monoisotopic (exact) mass is 356 g/mol. The Hall–Kier alpha value is -3.78. The lowest BCUT2D eigenvalue weighted by atomic mass is 10.1. The Morgan fingerprint density at radius 2 is 1.56 bits per heavy atom. The van der Waals surface area contributed by atoms with Gasteiger partial charge in [-0.15, -0.1) is 0 Å². The third kappa shape index (κ3) is 3.91. The van der Waals surface area contributed by atoms with Crippen LogP contribution in [0.1, 0.15) is 23.7 Å². The summed E-state index contributed by atoms with van der Waals surface area (Å²) in [5, 5.41) is 13.1. The van der Waals surface area contributed by atoms with Gasteiger partial charge in [0.05, 0.1) is 12.0 Å². The molecule has 0 amide bonds. The summed E-state index contributed by atoms with van der Waals surface area (Å²) in [6.07, 6.45) is 0.276. The first-order valence-electron chi connectivity index (χ1n) is 8.54. The molecule has 0 radical (unpaired) electrons. The molecule has 0 saturated heterocycles. The standard InChI is InChI=1S/C22H16N2O3/c23-15-17-6-4-5-9-20(17)26-22-14-21(27-24-22)16-10-12-19(13-11-16)25-18-7-2-1-3-8-18/h1-13,21H,14H2/t21-/m0/s1. The maximum absolute atomic E-state index is 9.14. The van der Waals surface area contributed by atoms with Crippen LogP contribution in [0.2, 0.25) is 0 Å². The molecule has 5 heteroatoms. The first kappa shape index (κ1) is 16.7. The van der Waals surface area contributed by atoms with Crippen molar-refractivity contribution in [1.82, 2.24) is 0 Å². The van der Waals surface area contributed by atoms with Crippen LogP contribution in [0.5, 0.6) is 17.2 Å². The summed E-state index contributed by atoms with van der Waals surface area (Å²) < 4.78 is 11.5. The quantitative estimate of drug-likeness (QED) is 0.644. The molecule has 1 aliphatic heterocycles. The minimum atomic E-state index is -0.222. The summed E-state index contributed by atoms with van der Waals surface area (Å²) >= 11 is 0. The average Bonchev–Trinajstić information content (AvgIpc) is 3.18. The highest BCUT2D eigenvalue weighted by Crippen LogP contribution is 2.31. The van der Waals surface area contributed by atoms with Crippen LogP contribution in [0, 0.1) is 11.3 Å². The predicted octanol–water partition coefficient (Wildman–Crippen LogP) is 5.20. The Labute approximate surface area is 157 Å². The summed E-state index contributed by atoms with van der Waals surface area (Å²) in [5.74, 6) is 2.47. The lowest BCUT2D eigenvalue weighted by molar-refractivity contribution is 0.0855. The second-order valence-electron chi connectivity index (χ2n) is 5.98. The van der Waals surface area contributed by atoms with E-state index in [4.69, 9.17) is 19.6 Å². The Morgan fingerprint density at radius 3 is 2.33 bits per heavy atom. The minimum absolute atomic E-state index is 0.222. The Bertz CT molecular complexity index is 992. The smallest absolute Gasteiger partial charge is 0.235 e. The van der Waals surface area contributed by atoms with E-state index in [2.05, 4.69) is 11.2 Å². The van der Waals surface area contributed by atoms with E-state index in [9.17, 15) is 0 Å². The van der Waals surface area contributed by atoms with Crippen LogP contribution in [0.15, 0.2) is 84.0 Å². The number of nitrogens with zero attached hydrogens (tertiary/aromatic N) is 2. The van der Waals surface area contributed by atoms with Gasteiger partial charge in [-0.3, -0.25) is 0 Å². The molecular weight excluding hydrogens is 340 g/mol. The molecule has 132 valence electrons. The van der Waals surface area contributed by atoms with Gasteiger partial charge in [-0.25, -0.2) is 0 Å². The SMILES string of the molecule is N#Cc1ccccc1OC1=NO[C@H](c2ccc(Oc3ccccc3)cc2)C1. The van der Waals surface area contributed by atoms with Gasteiger partial charge in [-0.2, -0.15) is 5.26 Å². The maximum Gasteiger partial charge on any atom is 0.235 e. The fraction of sp³-hybridized carbons (Fsp3) is 0.0909. The van der Waals surface area contributed by atoms with E-state index in [0.29, 0.717) is 23.6 Å². The van der Waals surface area contributed by atoms with Gasteiger partial charge in [0.2, 0.25) is 5.90 Å². The van der Waals surface area contributed by atoms with Crippen molar-refractivity contribution in [2.24, 2.45) is 5.16 Å². The lowest BCUT2D eigenvalue weighted by Crippen LogP contribution is -2.08. The van der Waals surface area contributed by atoms with E-state index in [-0.39, 0.29) is 6.10 Å². The third-order valence-corrected chi connectivity index (χ3v) is 4.11. The van der Waals surface area contributed by atoms with Gasteiger partial charge in [0.15, 0.2) is 6.10 Å². The summed E-state index contributed by atoms with van der Waals surface area (Å²) in [5.41, 5.74) is 1.44. The zero-order chi connectivity index (χ0) is 18.5. The van der Waals surface area contributed by atoms with Gasteiger partial charge in [0.25, 0.3) is 0 Å². The van der Waals surface area contributed by atoms with Crippen molar-refractivity contribution in [3.63, 3.8) is 0 Å². The Balaban J connectivity index is 1.39. The average molecular weight is 356 g/mol. The molecule has 1 heterocycles. The van der Waals surface area contributed by atoms with E-state index in [0.717, 1.165) is 17.1 Å². The summed E-state index contributed by atoms with van der Waals surface area (Å²) in [4.78, 5) is 5.49. The second kappa shape index (κ2) is 7.63. The van der Waals surface area contributed by atoms with Crippen molar-refractivity contribution in [3.8, 4) is 23.3 Å². The van der Waals surface area contributed by atoms with Crippen LogP contribution in [-0.2, 0) is 4.84 Å². The third-order valence-electron chi connectivity index (χ3n) is 4.11. The van der Waals surface area contributed by atoms with Crippen LogP contribution in [0.4, 0.5) is 0 Å². The molecule has 0 aliphatic carbocycles. The van der Waals surface area contributed by atoms with E-state index in [1.165, 1.54) is 0 Å². The molecule has 1 atom stereocenters. The molecule has 27 heavy (non-hydrogen) atoms. The Kier molecular flexibility index (Phi) is 4.71. The highest BCUT2D eigenvalue weighted by molar-refractivity contribution is 5.80. The molecular formula is C22H16N2O3. The summed E-state index contributed by atoms with van der Waals surface area (Å²) in [6, 6.07) is 26.5. The molecule has 5 nitrogen and oxygen atoms in total. The summed E-state index contributed by atoms with van der Waals surface area (Å²) in [6.45, 7) is 0. The van der Waals surface area contributed by atoms with Gasteiger partial charge in [0.1, 0.15) is 23.3 Å². The number of hydrogen-bond acceptors (Lipinski definition) is 5. The number of ether oxygens (including phenoxy) is 2. The Morgan fingerprint density at radius 1 is 0.852 bits per heavy atom. The van der Waals surface area contributed by atoms with Crippen molar-refractivity contribution in [2.75, 3.05) is 0 Å². The molecule has 1 aliphatic rings. The van der Waals surface area contributed by atoms with Gasteiger partial charge in [-0.05, 0) is 42.0 Å². The lowest BCUT2D eigenvalue weighted by Gasteiger charge is -2.10. The van der Waals surface area contributed by atoms with Gasteiger partial charge in [-0.1, -0.05) is 47.6 Å². The molecule has 0 unspecified atom stereocenters. The topological polar surface area (TPSA) is 63.8 Å². The fourth-order valence-electron chi connectivity index (χ4n) is 2.74. The molecule has 0 spiro atoms. The number of benzene rings is 3. The van der Waals surface area contributed by atoms with Crippen molar-refractivity contribution < 1.29 is 14.3 Å². The van der Waals surface area contributed by atoms with Crippen molar-refractivity contribution in [1.29, 1.82) is 5.26 Å². The van der Waals surface area contributed by atoms with Crippen molar-refractivity contribution in [3.05, 3.63) is 90.0 Å². The highest BCUT2D eigenvalue weighted by Gasteiger charge is 2.25. The molecule has 4 rings (SSSR count). The molecule has 0 fully saturated rings. The van der Waals surface area contributed by atoms with Crippen LogP contribution in [-0.4, -0.2) is 5.90 Å². The van der Waals surface area contributed by atoms with E-state index in [1.807, 2.05) is 60.7 Å². The normalized spacial score (nSPS) is 15.4. The first-order valence-corrected chi connectivity index (χ1v) is 8.54.